The third-order valence-electron chi connectivity index (χ3n) is 6.33. The molecule has 3 aromatic heterocycles. The van der Waals surface area contributed by atoms with E-state index >= 15 is 0 Å². The first-order valence-electron chi connectivity index (χ1n) is 11.8. The summed E-state index contributed by atoms with van der Waals surface area (Å²) in [5.41, 5.74) is 3.94. The molecule has 0 aliphatic carbocycles. The first-order chi connectivity index (χ1) is 16.7. The molecule has 0 spiro atoms. The molecule has 0 bridgehead atoms. The van der Waals surface area contributed by atoms with Crippen molar-refractivity contribution in [2.75, 3.05) is 18.5 Å². The van der Waals surface area contributed by atoms with E-state index in [0.717, 1.165) is 52.6 Å². The smallest absolute Gasteiger partial charge is 0.229 e. The van der Waals surface area contributed by atoms with E-state index in [2.05, 4.69) is 51.8 Å². The molecule has 0 radical (unpaired) electrons. The van der Waals surface area contributed by atoms with Crippen LogP contribution in [0.15, 0.2) is 60.8 Å². The fourth-order valence-electron chi connectivity index (χ4n) is 4.55. The number of ether oxygens (including phenoxy) is 1. The summed E-state index contributed by atoms with van der Waals surface area (Å²) in [5, 5.41) is 9.14. The molecule has 1 fully saturated rings. The van der Waals surface area contributed by atoms with E-state index in [0.29, 0.717) is 12.0 Å². The zero-order valence-corrected chi connectivity index (χ0v) is 19.9. The van der Waals surface area contributed by atoms with Crippen molar-refractivity contribution in [3.63, 3.8) is 0 Å². The summed E-state index contributed by atoms with van der Waals surface area (Å²) in [6.07, 6.45) is 5.48. The highest BCUT2D eigenvalue weighted by atomic mass is 32.1. The quantitative estimate of drug-likeness (QED) is 0.257. The number of aryl methyl sites for hydroxylation is 1. The second-order valence-corrected chi connectivity index (χ2v) is 9.95. The summed E-state index contributed by atoms with van der Waals surface area (Å²) < 4.78 is 7.19. The average molecular weight is 470 g/mol. The van der Waals surface area contributed by atoms with Gasteiger partial charge < -0.3 is 20.4 Å². The Labute approximate surface area is 202 Å². The maximum absolute atomic E-state index is 5.93. The van der Waals surface area contributed by atoms with E-state index in [1.54, 1.807) is 11.3 Å². The Kier molecular flexibility index (Phi) is 5.65. The number of nitrogens with zero attached hydrogens (tertiary/aromatic N) is 2. The van der Waals surface area contributed by atoms with Crippen LogP contribution < -0.4 is 15.4 Å². The topological polar surface area (TPSA) is 74.9 Å². The molecule has 0 saturated carbocycles. The molecule has 7 heteroatoms. The molecule has 5 aromatic rings. The molecule has 6 rings (SSSR count). The molecule has 172 valence electrons. The van der Waals surface area contributed by atoms with Gasteiger partial charge in [0.1, 0.15) is 11.4 Å². The third kappa shape index (κ3) is 4.36. The van der Waals surface area contributed by atoms with Gasteiger partial charge >= 0.3 is 0 Å². The van der Waals surface area contributed by atoms with Crippen LogP contribution in [0.4, 0.5) is 11.6 Å². The fraction of sp³-hybridized carbons (Fsp3) is 0.259. The summed E-state index contributed by atoms with van der Waals surface area (Å²) in [6, 6.07) is 19.4. The molecule has 1 aliphatic heterocycles. The van der Waals surface area contributed by atoms with Gasteiger partial charge in [0.25, 0.3) is 0 Å². The molecule has 6 nitrogen and oxygen atoms in total. The van der Waals surface area contributed by atoms with E-state index in [1.807, 2.05) is 36.5 Å². The van der Waals surface area contributed by atoms with Crippen molar-refractivity contribution in [1.29, 1.82) is 0 Å². The molecule has 1 aliphatic rings. The Balaban J connectivity index is 1.22. The van der Waals surface area contributed by atoms with Gasteiger partial charge in [0.2, 0.25) is 5.95 Å². The van der Waals surface area contributed by atoms with Crippen LogP contribution in [-0.2, 0) is 0 Å². The highest BCUT2D eigenvalue weighted by Crippen LogP contribution is 2.36. The van der Waals surface area contributed by atoms with Gasteiger partial charge in [-0.25, -0.2) is 4.98 Å². The van der Waals surface area contributed by atoms with Gasteiger partial charge in [-0.1, -0.05) is 17.7 Å². The number of aromatic amines is 1. The summed E-state index contributed by atoms with van der Waals surface area (Å²) in [7, 11) is 0. The molecule has 1 saturated heterocycles. The van der Waals surface area contributed by atoms with Gasteiger partial charge in [-0.3, -0.25) is 0 Å². The zero-order valence-electron chi connectivity index (χ0n) is 19.1. The molecule has 3 N–H and O–H groups in total. The Morgan fingerprint density at radius 2 is 2.00 bits per heavy atom. The number of hydrogen-bond donors (Lipinski definition) is 3. The van der Waals surface area contributed by atoms with Gasteiger partial charge in [-0.05, 0) is 80.6 Å². The molecular weight excluding hydrogens is 442 g/mol. The Bertz CT molecular complexity index is 1430. The molecule has 34 heavy (non-hydrogen) atoms. The average Bonchev–Trinajstić information content (AvgIpc) is 3.60. The number of thiophene rings is 1. The second-order valence-electron chi connectivity index (χ2n) is 8.87. The molecule has 0 amide bonds. The minimum atomic E-state index is 0.569. The van der Waals surface area contributed by atoms with Crippen LogP contribution in [0.5, 0.6) is 5.75 Å². The lowest BCUT2D eigenvalue weighted by Gasteiger charge is -2.12. The number of hydrogen-bond acceptors (Lipinski definition) is 6. The molecule has 1 unspecified atom stereocenters. The number of fused-ring (bicyclic) bond motifs is 2. The number of nitrogens with one attached hydrogen (secondary N) is 3. The zero-order chi connectivity index (χ0) is 22.9. The number of anilines is 2. The Hall–Kier alpha value is -3.42. The summed E-state index contributed by atoms with van der Waals surface area (Å²) in [6.45, 7) is 3.98. The Morgan fingerprint density at radius 3 is 2.85 bits per heavy atom. The minimum absolute atomic E-state index is 0.569. The van der Waals surface area contributed by atoms with Gasteiger partial charge in [0.05, 0.1) is 17.2 Å². The van der Waals surface area contributed by atoms with Crippen LogP contribution in [0, 0.1) is 6.92 Å². The largest absolute Gasteiger partial charge is 0.494 e. The first kappa shape index (κ1) is 21.1. The standard InChI is InChI=1S/C27H27N5OS/c1-17-4-9-23-18(15-17)16-24(34-23)25-22-10-13-29-26(22)32-27(31-25)30-20-5-7-21(8-6-20)33-14-11-19-3-2-12-28-19/h4-10,13,15-16,19,28H,2-3,11-12,14H2,1H3,(H2,29,30,31,32). The lowest BCUT2D eigenvalue weighted by Crippen LogP contribution is -2.23. The first-order valence-corrected chi connectivity index (χ1v) is 12.6. The summed E-state index contributed by atoms with van der Waals surface area (Å²) >= 11 is 1.76. The fourth-order valence-corrected chi connectivity index (χ4v) is 5.60. The van der Waals surface area contributed by atoms with Crippen molar-refractivity contribution in [3.8, 4) is 16.3 Å². The SMILES string of the molecule is Cc1ccc2sc(-c3nc(Nc4ccc(OCCC5CCCN5)cc4)nc4[nH]ccc34)cc2c1. The number of H-pyrrole nitrogens is 1. The van der Waals surface area contributed by atoms with Crippen molar-refractivity contribution < 1.29 is 4.74 Å². The second kappa shape index (κ2) is 9.08. The Morgan fingerprint density at radius 1 is 1.09 bits per heavy atom. The van der Waals surface area contributed by atoms with Crippen molar-refractivity contribution in [2.24, 2.45) is 0 Å². The number of rotatable bonds is 7. The lowest BCUT2D eigenvalue weighted by molar-refractivity contribution is 0.292. The van der Waals surface area contributed by atoms with Gasteiger partial charge in [-0.15, -0.1) is 11.3 Å². The molecular formula is C27H27N5OS. The van der Waals surface area contributed by atoms with Gasteiger partial charge in [0, 0.05) is 28.0 Å². The maximum atomic E-state index is 5.93. The lowest BCUT2D eigenvalue weighted by atomic mass is 10.1. The van der Waals surface area contributed by atoms with Gasteiger partial charge in [0.15, 0.2) is 0 Å². The van der Waals surface area contributed by atoms with Crippen LogP contribution in [0.2, 0.25) is 0 Å². The van der Waals surface area contributed by atoms with Crippen molar-refractivity contribution in [2.45, 2.75) is 32.2 Å². The van der Waals surface area contributed by atoms with E-state index in [-0.39, 0.29) is 0 Å². The van der Waals surface area contributed by atoms with Crippen LogP contribution in [0.3, 0.4) is 0 Å². The minimum Gasteiger partial charge on any atom is -0.494 e. The highest BCUT2D eigenvalue weighted by molar-refractivity contribution is 7.22. The van der Waals surface area contributed by atoms with E-state index in [1.165, 1.54) is 28.5 Å². The van der Waals surface area contributed by atoms with Crippen LogP contribution in [-0.4, -0.2) is 34.1 Å². The van der Waals surface area contributed by atoms with Crippen molar-refractivity contribution in [3.05, 3.63) is 66.4 Å². The van der Waals surface area contributed by atoms with E-state index < -0.39 is 0 Å². The monoisotopic (exact) mass is 469 g/mol. The molecule has 1 atom stereocenters. The predicted octanol–water partition coefficient (Wildman–Crippen LogP) is 6.41. The van der Waals surface area contributed by atoms with Crippen molar-refractivity contribution in [1.82, 2.24) is 20.3 Å². The maximum Gasteiger partial charge on any atom is 0.229 e. The van der Waals surface area contributed by atoms with Crippen molar-refractivity contribution >= 4 is 44.1 Å². The molecule has 2 aromatic carbocycles. The van der Waals surface area contributed by atoms with E-state index in [9.17, 15) is 0 Å². The molecule has 4 heterocycles. The highest BCUT2D eigenvalue weighted by Gasteiger charge is 2.15. The van der Waals surface area contributed by atoms with Crippen LogP contribution in [0.1, 0.15) is 24.8 Å². The number of benzene rings is 2. The third-order valence-corrected chi connectivity index (χ3v) is 7.45. The van der Waals surface area contributed by atoms with E-state index in [4.69, 9.17) is 9.72 Å². The number of aromatic nitrogens is 3. The predicted molar refractivity (Wildman–Crippen MR) is 140 cm³/mol. The summed E-state index contributed by atoms with van der Waals surface area (Å²) in [5.74, 6) is 1.45. The normalized spacial score (nSPS) is 15.9. The summed E-state index contributed by atoms with van der Waals surface area (Å²) in [4.78, 5) is 14.0. The van der Waals surface area contributed by atoms with Gasteiger partial charge in [-0.2, -0.15) is 4.98 Å². The van der Waals surface area contributed by atoms with Crippen LogP contribution >= 0.6 is 11.3 Å². The van der Waals surface area contributed by atoms with Crippen LogP contribution in [0.25, 0.3) is 31.7 Å².